The highest BCUT2D eigenvalue weighted by Gasteiger charge is 2.39. The van der Waals surface area contributed by atoms with E-state index in [0.717, 1.165) is 10.5 Å². The molecule has 0 aliphatic heterocycles. The van der Waals surface area contributed by atoms with Gasteiger partial charge in [0.15, 0.2) is 0 Å². The number of hydrogen-bond donors (Lipinski definition) is 7. The third kappa shape index (κ3) is 11.8. The summed E-state index contributed by atoms with van der Waals surface area (Å²) in [5.74, 6) is -3.03. The van der Waals surface area contributed by atoms with Gasteiger partial charge in [-0.25, -0.2) is 0 Å². The van der Waals surface area contributed by atoms with Gasteiger partial charge in [0, 0.05) is 75.9 Å². The van der Waals surface area contributed by atoms with Crippen LogP contribution in [0, 0.1) is 0 Å². The summed E-state index contributed by atoms with van der Waals surface area (Å²) in [5.41, 5.74) is 35.5. The number of nitrogens with one attached hydrogen (secondary N) is 1. The Balaban J connectivity index is 1.94. The van der Waals surface area contributed by atoms with Gasteiger partial charge in [0.2, 0.25) is 29.5 Å². The lowest BCUT2D eigenvalue weighted by atomic mass is 9.85. The summed E-state index contributed by atoms with van der Waals surface area (Å²) in [6.07, 6.45) is 1.49. The molecule has 0 bridgehead atoms. The summed E-state index contributed by atoms with van der Waals surface area (Å²) < 4.78 is 0. The molecule has 2 atom stereocenters. The quantitative estimate of drug-likeness (QED) is 0.0602. The lowest BCUT2D eigenvalue weighted by Gasteiger charge is -2.32. The maximum atomic E-state index is 14.2. The number of pyridine rings is 1. The zero-order valence-electron chi connectivity index (χ0n) is 29.6. The predicted octanol–water partition coefficient (Wildman–Crippen LogP) is -1.91. The van der Waals surface area contributed by atoms with Crippen molar-refractivity contribution in [3.63, 3.8) is 0 Å². The van der Waals surface area contributed by atoms with Crippen molar-refractivity contribution >= 4 is 40.4 Å². The molecule has 0 spiro atoms. The van der Waals surface area contributed by atoms with Crippen LogP contribution in [0.1, 0.15) is 30.4 Å². The van der Waals surface area contributed by atoms with E-state index in [4.69, 9.17) is 34.4 Å². The number of para-hydroxylation sites is 1. The van der Waals surface area contributed by atoms with E-state index in [1.165, 1.54) is 16.0 Å². The smallest absolute Gasteiger partial charge is 0.245 e. The number of aromatic nitrogens is 1. The molecule has 0 aliphatic carbocycles. The first-order valence-electron chi connectivity index (χ1n) is 17.4. The van der Waals surface area contributed by atoms with Gasteiger partial charge in [-0.3, -0.25) is 29.0 Å². The topological polar surface area (TPSA) is 276 Å². The second-order valence-electron chi connectivity index (χ2n) is 12.5. The average Bonchev–Trinajstić information content (AvgIpc) is 3.14. The molecule has 282 valence electrons. The van der Waals surface area contributed by atoms with Gasteiger partial charge in [0.1, 0.15) is 24.7 Å². The van der Waals surface area contributed by atoms with Crippen LogP contribution in [-0.2, 0) is 35.9 Å². The van der Waals surface area contributed by atoms with Crippen molar-refractivity contribution in [1.82, 2.24) is 25.0 Å². The molecule has 3 rings (SSSR count). The minimum Gasteiger partial charge on any atom is -0.368 e. The van der Waals surface area contributed by atoms with E-state index >= 15 is 0 Å². The number of nitrogens with zero attached hydrogens (tertiary/aromatic N) is 4. The molecular formula is C36H53N11O5. The number of nitrogens with two attached hydrogens (primary N) is 6. The highest BCUT2D eigenvalue weighted by atomic mass is 16.2. The maximum Gasteiger partial charge on any atom is 0.245 e. The number of rotatable bonds is 22. The number of benzene rings is 2. The number of primary amides is 1. The third-order valence-electron chi connectivity index (χ3n) is 8.76. The van der Waals surface area contributed by atoms with Gasteiger partial charge >= 0.3 is 0 Å². The molecule has 0 aliphatic rings. The first kappa shape index (κ1) is 41.4. The fourth-order valence-electron chi connectivity index (χ4n) is 5.80. The van der Waals surface area contributed by atoms with Crippen molar-refractivity contribution in [3.05, 3.63) is 78.0 Å². The standard InChI is InChI=1S/C36H53N11O5/c37-14-18-45(19-15-38)32(49)24-47(25-33(50)46(20-16-39)21-17-40)31(48)12-13-36(42,28-22-27-8-4-5-9-29(27)43-23-28)35(52)44-30(34(41)51)11-10-26-6-2-1-3-7-26/h1-9,22-23,30H,10-21,24-25,37-40,42H2,(H2,41,51)(H,44,52)/t30-,36-/m0/s1. The largest absolute Gasteiger partial charge is 0.368 e. The van der Waals surface area contributed by atoms with Gasteiger partial charge in [-0.2, -0.15) is 0 Å². The Kier molecular flexibility index (Phi) is 16.5. The molecule has 0 saturated heterocycles. The van der Waals surface area contributed by atoms with E-state index in [1.54, 1.807) is 12.1 Å². The molecular weight excluding hydrogens is 666 g/mol. The maximum absolute atomic E-state index is 14.2. The Morgan fingerprint density at radius 1 is 0.731 bits per heavy atom. The molecule has 16 heteroatoms. The van der Waals surface area contributed by atoms with Crippen molar-refractivity contribution in [2.24, 2.45) is 34.4 Å². The van der Waals surface area contributed by atoms with Crippen LogP contribution in [0.15, 0.2) is 66.9 Å². The van der Waals surface area contributed by atoms with E-state index < -0.39 is 54.2 Å². The monoisotopic (exact) mass is 719 g/mol. The van der Waals surface area contributed by atoms with Crippen molar-refractivity contribution in [3.8, 4) is 0 Å². The van der Waals surface area contributed by atoms with Crippen LogP contribution in [0.2, 0.25) is 0 Å². The van der Waals surface area contributed by atoms with Crippen molar-refractivity contribution < 1.29 is 24.0 Å². The van der Waals surface area contributed by atoms with Crippen LogP contribution in [0.4, 0.5) is 0 Å². The van der Waals surface area contributed by atoms with Crippen LogP contribution < -0.4 is 39.7 Å². The number of aryl methyl sites for hydroxylation is 1. The second kappa shape index (κ2) is 20.8. The van der Waals surface area contributed by atoms with E-state index in [9.17, 15) is 24.0 Å². The van der Waals surface area contributed by atoms with E-state index in [-0.39, 0.29) is 77.2 Å². The van der Waals surface area contributed by atoms with Gasteiger partial charge in [-0.1, -0.05) is 48.5 Å². The Morgan fingerprint density at radius 3 is 1.81 bits per heavy atom. The molecule has 0 saturated carbocycles. The Bertz CT molecular complexity index is 1600. The van der Waals surface area contributed by atoms with Gasteiger partial charge in [-0.05, 0) is 37.0 Å². The van der Waals surface area contributed by atoms with Gasteiger partial charge in [-0.15, -0.1) is 0 Å². The Labute approximate surface area is 304 Å². The molecule has 5 amide bonds. The molecule has 0 radical (unpaired) electrons. The van der Waals surface area contributed by atoms with Crippen LogP contribution in [0.5, 0.6) is 0 Å². The number of hydrogen-bond acceptors (Lipinski definition) is 11. The van der Waals surface area contributed by atoms with Gasteiger partial charge in [0.25, 0.3) is 0 Å². The number of fused-ring (bicyclic) bond motifs is 1. The Morgan fingerprint density at radius 2 is 1.27 bits per heavy atom. The number of carbonyl (C=O) groups is 5. The minimum absolute atomic E-state index is 0.168. The molecule has 13 N–H and O–H groups in total. The first-order valence-corrected chi connectivity index (χ1v) is 17.4. The van der Waals surface area contributed by atoms with Crippen LogP contribution in [0.25, 0.3) is 10.9 Å². The molecule has 3 aromatic rings. The third-order valence-corrected chi connectivity index (χ3v) is 8.76. The summed E-state index contributed by atoms with van der Waals surface area (Å²) in [6.45, 7) is 0.570. The van der Waals surface area contributed by atoms with E-state index in [2.05, 4.69) is 10.3 Å². The lowest BCUT2D eigenvalue weighted by Crippen LogP contribution is -2.57. The van der Waals surface area contributed by atoms with E-state index in [1.807, 2.05) is 48.5 Å². The lowest BCUT2D eigenvalue weighted by molar-refractivity contribution is -0.145. The highest BCUT2D eigenvalue weighted by molar-refractivity contribution is 5.94. The molecule has 16 nitrogen and oxygen atoms in total. The molecule has 0 unspecified atom stereocenters. The van der Waals surface area contributed by atoms with Crippen LogP contribution in [-0.4, -0.2) is 121 Å². The number of carbonyl (C=O) groups excluding carboxylic acids is 5. The van der Waals surface area contributed by atoms with E-state index in [0.29, 0.717) is 17.3 Å². The van der Waals surface area contributed by atoms with Crippen LogP contribution in [0.3, 0.4) is 0 Å². The van der Waals surface area contributed by atoms with Gasteiger partial charge < -0.3 is 54.4 Å². The predicted molar refractivity (Wildman–Crippen MR) is 199 cm³/mol. The summed E-state index contributed by atoms with van der Waals surface area (Å²) in [4.78, 5) is 75.9. The zero-order chi connectivity index (χ0) is 38.1. The van der Waals surface area contributed by atoms with Gasteiger partial charge in [0.05, 0.1) is 5.52 Å². The average molecular weight is 720 g/mol. The number of amides is 5. The van der Waals surface area contributed by atoms with Crippen molar-refractivity contribution in [2.45, 2.75) is 37.3 Å². The minimum atomic E-state index is -1.89. The van der Waals surface area contributed by atoms with Crippen LogP contribution >= 0.6 is 0 Å². The summed E-state index contributed by atoms with van der Waals surface area (Å²) in [7, 11) is 0. The Hall–Kier alpha value is -5.00. The summed E-state index contributed by atoms with van der Waals surface area (Å²) >= 11 is 0. The highest BCUT2D eigenvalue weighted by Crippen LogP contribution is 2.28. The molecule has 0 fully saturated rings. The van der Waals surface area contributed by atoms with Crippen molar-refractivity contribution in [1.29, 1.82) is 0 Å². The first-order chi connectivity index (χ1) is 25.0. The normalized spacial score (nSPS) is 12.8. The molecule has 52 heavy (non-hydrogen) atoms. The molecule has 1 heterocycles. The van der Waals surface area contributed by atoms with Crippen molar-refractivity contribution in [2.75, 3.05) is 65.4 Å². The summed E-state index contributed by atoms with van der Waals surface area (Å²) in [6, 6.07) is 17.3. The molecule has 1 aromatic heterocycles. The fourth-order valence-corrected chi connectivity index (χ4v) is 5.80. The SMILES string of the molecule is NCCN(CCN)C(=O)CN(CC(=O)N(CCN)CCN)C(=O)CC[C@@](N)(C(=O)N[C@@H](CCc1ccccc1)C(N)=O)c1cnc2ccccc2c1. The molecule has 2 aromatic carbocycles. The zero-order valence-corrected chi connectivity index (χ0v) is 29.6. The fraction of sp³-hybridized carbons (Fsp3) is 0.444. The second-order valence-corrected chi connectivity index (χ2v) is 12.5. The summed E-state index contributed by atoms with van der Waals surface area (Å²) in [5, 5.41) is 3.41.